The molecule has 1 amide bonds. The second-order valence-electron chi connectivity index (χ2n) is 10.4. The Morgan fingerprint density at radius 2 is 1.89 bits per heavy atom. The van der Waals surface area contributed by atoms with E-state index in [9.17, 15) is 4.79 Å². The fourth-order valence-corrected chi connectivity index (χ4v) is 6.47. The van der Waals surface area contributed by atoms with Crippen molar-refractivity contribution in [2.45, 2.75) is 84.3 Å². The number of carbonyl (C=O) groups excluding carboxylic acids is 1. The predicted molar refractivity (Wildman–Crippen MR) is 154 cm³/mol. The number of aromatic nitrogens is 2. The fourth-order valence-electron chi connectivity index (χ4n) is 6.13. The monoisotopic (exact) mass is 515 g/mol. The van der Waals surface area contributed by atoms with Gasteiger partial charge in [0.2, 0.25) is 5.91 Å². The van der Waals surface area contributed by atoms with Crippen molar-refractivity contribution in [1.29, 1.82) is 0 Å². The number of aryl methyl sites for hydroxylation is 2. The number of thiocarbonyl (C=S) groups is 1. The number of benzene rings is 1. The first-order valence-corrected chi connectivity index (χ1v) is 13.9. The second kappa shape index (κ2) is 10.7. The van der Waals surface area contributed by atoms with Crippen LogP contribution in [0, 0.1) is 20.8 Å². The van der Waals surface area contributed by atoms with Crippen molar-refractivity contribution in [3.8, 4) is 0 Å². The lowest BCUT2D eigenvalue weighted by Crippen LogP contribution is -2.29. The maximum Gasteiger partial charge on any atom is 0.224 e. The van der Waals surface area contributed by atoms with Crippen LogP contribution >= 0.6 is 12.2 Å². The lowest BCUT2D eigenvalue weighted by atomic mass is 9.94. The van der Waals surface area contributed by atoms with Gasteiger partial charge in [-0.1, -0.05) is 32.3 Å². The van der Waals surface area contributed by atoms with E-state index in [2.05, 4.69) is 58.2 Å². The average molecular weight is 516 g/mol. The fraction of sp³-hybridized carbons (Fsp3) is 0.433. The van der Waals surface area contributed by atoms with E-state index in [-0.39, 0.29) is 18.0 Å². The Morgan fingerprint density at radius 3 is 2.57 bits per heavy atom. The summed E-state index contributed by atoms with van der Waals surface area (Å²) in [6.07, 6.45) is 8.73. The molecule has 7 heteroatoms. The summed E-state index contributed by atoms with van der Waals surface area (Å²) in [7, 11) is 0. The molecule has 3 aromatic rings. The highest BCUT2D eigenvalue weighted by molar-refractivity contribution is 7.80. The molecule has 0 bridgehead atoms. The molecule has 3 heterocycles. The van der Waals surface area contributed by atoms with Crippen molar-refractivity contribution in [3.63, 3.8) is 0 Å². The van der Waals surface area contributed by atoms with Gasteiger partial charge >= 0.3 is 0 Å². The highest BCUT2D eigenvalue weighted by atomic mass is 32.1. The van der Waals surface area contributed by atoms with Crippen molar-refractivity contribution in [3.05, 3.63) is 76.9 Å². The van der Waals surface area contributed by atoms with Gasteiger partial charge < -0.3 is 20.1 Å². The van der Waals surface area contributed by atoms with Crippen LogP contribution in [-0.2, 0) is 4.79 Å². The first-order valence-electron chi connectivity index (χ1n) is 13.5. The molecule has 5 rings (SSSR count). The summed E-state index contributed by atoms with van der Waals surface area (Å²) in [5, 5.41) is 7.29. The van der Waals surface area contributed by atoms with Gasteiger partial charge in [0.05, 0.1) is 17.8 Å². The number of hydrogen-bond acceptors (Lipinski definition) is 3. The van der Waals surface area contributed by atoms with Crippen LogP contribution in [0.1, 0.15) is 91.8 Å². The normalized spacial score (nSPS) is 20.2. The van der Waals surface area contributed by atoms with Gasteiger partial charge in [-0.15, -0.1) is 0 Å². The van der Waals surface area contributed by atoms with Crippen molar-refractivity contribution < 1.29 is 4.79 Å². The van der Waals surface area contributed by atoms with Gasteiger partial charge in [-0.25, -0.2) is 0 Å². The quantitative estimate of drug-likeness (QED) is 0.352. The lowest BCUT2D eigenvalue weighted by Gasteiger charge is -2.30. The summed E-state index contributed by atoms with van der Waals surface area (Å²) in [4.78, 5) is 19.0. The van der Waals surface area contributed by atoms with Gasteiger partial charge in [-0.05, 0) is 93.4 Å². The Hall–Kier alpha value is -3.19. The van der Waals surface area contributed by atoms with E-state index in [1.165, 1.54) is 49.1 Å². The van der Waals surface area contributed by atoms with E-state index in [1.807, 2.05) is 38.2 Å². The minimum atomic E-state index is -0.0752. The van der Waals surface area contributed by atoms with Gasteiger partial charge in [-0.2, -0.15) is 0 Å². The van der Waals surface area contributed by atoms with Crippen molar-refractivity contribution in [2.24, 2.45) is 0 Å². The zero-order valence-corrected chi connectivity index (χ0v) is 23.1. The van der Waals surface area contributed by atoms with Crippen LogP contribution < -0.4 is 15.5 Å². The molecule has 1 saturated heterocycles. The largest absolute Gasteiger partial charge is 0.351 e. The summed E-state index contributed by atoms with van der Waals surface area (Å²) < 4.78 is 2.57. The van der Waals surface area contributed by atoms with Gasteiger partial charge in [0, 0.05) is 41.4 Å². The summed E-state index contributed by atoms with van der Waals surface area (Å²) >= 11 is 5.96. The smallest absolute Gasteiger partial charge is 0.224 e. The second-order valence-corrected chi connectivity index (χ2v) is 10.8. The third kappa shape index (κ3) is 4.89. The van der Waals surface area contributed by atoms with Gasteiger partial charge in [0.1, 0.15) is 0 Å². The van der Waals surface area contributed by atoms with Crippen LogP contribution in [0.3, 0.4) is 0 Å². The number of amides is 1. The first-order chi connectivity index (χ1) is 17.9. The standard InChI is InChI=1S/C30H37N5OS/c1-5-27(36)32-25-15-14-23(17-19(25)2)35-29(28(33-30(35)37)26-13-9-10-16-31-26)24-18-20(3)34(21(24)4)22-11-7-6-8-12-22/h9-10,13-18,22,28-29H,5-8,11-12H2,1-4H3,(H,32,36)(H,33,37)/t28-,29-/m1/s1. The summed E-state index contributed by atoms with van der Waals surface area (Å²) in [5.41, 5.74) is 7.74. The molecule has 2 aliphatic rings. The minimum Gasteiger partial charge on any atom is -0.351 e. The molecule has 194 valence electrons. The van der Waals surface area contributed by atoms with Gasteiger partial charge in [0.15, 0.2) is 5.11 Å². The molecule has 2 fully saturated rings. The van der Waals surface area contributed by atoms with E-state index < -0.39 is 0 Å². The molecule has 1 aromatic carbocycles. The van der Waals surface area contributed by atoms with Crippen LogP contribution in [0.2, 0.25) is 0 Å². The topological polar surface area (TPSA) is 62.2 Å². The predicted octanol–water partition coefficient (Wildman–Crippen LogP) is 6.84. The van der Waals surface area contributed by atoms with Crippen LogP contribution in [0.25, 0.3) is 0 Å². The Morgan fingerprint density at radius 1 is 1.11 bits per heavy atom. The lowest BCUT2D eigenvalue weighted by molar-refractivity contribution is -0.115. The van der Waals surface area contributed by atoms with E-state index in [4.69, 9.17) is 17.2 Å². The number of rotatable bonds is 6. The molecule has 1 aliphatic heterocycles. The van der Waals surface area contributed by atoms with E-state index in [0.29, 0.717) is 17.6 Å². The molecule has 1 saturated carbocycles. The van der Waals surface area contributed by atoms with Gasteiger partial charge in [0.25, 0.3) is 0 Å². The molecule has 0 radical (unpaired) electrons. The highest BCUT2D eigenvalue weighted by Crippen LogP contribution is 2.45. The van der Waals surface area contributed by atoms with E-state index in [0.717, 1.165) is 22.6 Å². The number of anilines is 2. The first kappa shape index (κ1) is 25.5. The number of hydrogen-bond donors (Lipinski definition) is 2. The van der Waals surface area contributed by atoms with Crippen LogP contribution in [0.15, 0.2) is 48.7 Å². The van der Waals surface area contributed by atoms with Crippen LogP contribution in [-0.4, -0.2) is 20.6 Å². The Labute approximate surface area is 225 Å². The number of nitrogens with zero attached hydrogens (tertiary/aromatic N) is 3. The number of carbonyl (C=O) groups is 1. The summed E-state index contributed by atoms with van der Waals surface area (Å²) in [6.45, 7) is 8.39. The maximum atomic E-state index is 12.0. The Balaban J connectivity index is 1.59. The average Bonchev–Trinajstić information content (AvgIpc) is 3.41. The summed E-state index contributed by atoms with van der Waals surface area (Å²) in [6, 6.07) is 15.0. The molecule has 37 heavy (non-hydrogen) atoms. The third-order valence-electron chi connectivity index (χ3n) is 7.96. The van der Waals surface area contributed by atoms with Crippen molar-refractivity contribution in [2.75, 3.05) is 10.2 Å². The zero-order valence-electron chi connectivity index (χ0n) is 22.3. The molecule has 2 atom stereocenters. The van der Waals surface area contributed by atoms with E-state index in [1.54, 1.807) is 0 Å². The number of pyridine rings is 1. The number of nitrogens with one attached hydrogen (secondary N) is 2. The van der Waals surface area contributed by atoms with Crippen molar-refractivity contribution >= 4 is 34.6 Å². The van der Waals surface area contributed by atoms with Gasteiger partial charge in [-0.3, -0.25) is 9.78 Å². The molecule has 0 spiro atoms. The molecule has 0 unspecified atom stereocenters. The van der Waals surface area contributed by atoms with Crippen LogP contribution in [0.5, 0.6) is 0 Å². The SMILES string of the molecule is CCC(=O)Nc1ccc(N2C(=S)N[C@H](c3ccccn3)[C@H]2c2cc(C)n(C3CCCCC3)c2C)cc1C. The Bertz CT molecular complexity index is 1290. The zero-order chi connectivity index (χ0) is 26.1. The summed E-state index contributed by atoms with van der Waals surface area (Å²) in [5.74, 6) is 0.0115. The molecular formula is C30H37N5OS. The maximum absolute atomic E-state index is 12.0. The Kier molecular flexibility index (Phi) is 7.33. The van der Waals surface area contributed by atoms with Crippen LogP contribution in [0.4, 0.5) is 11.4 Å². The minimum absolute atomic E-state index is 0.0115. The molecule has 2 aromatic heterocycles. The van der Waals surface area contributed by atoms with E-state index >= 15 is 0 Å². The highest BCUT2D eigenvalue weighted by Gasteiger charge is 2.42. The molecule has 6 nitrogen and oxygen atoms in total. The van der Waals surface area contributed by atoms with Crippen molar-refractivity contribution in [1.82, 2.24) is 14.9 Å². The molecule has 2 N–H and O–H groups in total. The molecule has 1 aliphatic carbocycles. The molecular weight excluding hydrogens is 478 g/mol. The third-order valence-corrected chi connectivity index (χ3v) is 8.28.